The zero-order valence-corrected chi connectivity index (χ0v) is 42.8. The van der Waals surface area contributed by atoms with Gasteiger partial charge in [-0.3, -0.25) is 0 Å². The molecule has 2 aromatic heterocycles. The predicted molar refractivity (Wildman–Crippen MR) is 306 cm³/mol. The first-order chi connectivity index (χ1) is 34.1. The maximum atomic E-state index is 4.06. The Morgan fingerprint density at radius 1 is 0.543 bits per heavy atom. The Morgan fingerprint density at radius 2 is 1.21 bits per heavy atom. The van der Waals surface area contributed by atoms with Crippen LogP contribution in [0.3, 0.4) is 0 Å². The van der Waals surface area contributed by atoms with Crippen LogP contribution >= 0.6 is 11.3 Å². The highest BCUT2D eigenvalue weighted by Gasteiger charge is 2.39. The predicted octanol–water partition coefficient (Wildman–Crippen LogP) is 17.7. The second kappa shape index (κ2) is 17.8. The molecule has 70 heavy (non-hydrogen) atoms. The molecule has 4 heteroatoms. The van der Waals surface area contributed by atoms with E-state index < -0.39 is 0 Å². The van der Waals surface area contributed by atoms with Crippen molar-refractivity contribution in [3.05, 3.63) is 174 Å². The van der Waals surface area contributed by atoms with Gasteiger partial charge in [0.2, 0.25) is 0 Å². The number of hydrogen-bond donors (Lipinski definition) is 1. The van der Waals surface area contributed by atoms with Crippen LogP contribution in [-0.4, -0.2) is 11.8 Å². The summed E-state index contributed by atoms with van der Waals surface area (Å²) in [5, 5.41) is 9.35. The number of aryl methyl sites for hydroxylation is 2. The van der Waals surface area contributed by atoms with Gasteiger partial charge in [-0.25, -0.2) is 0 Å². The molecule has 10 aromatic rings. The van der Waals surface area contributed by atoms with Crippen LogP contribution in [0.4, 0.5) is 11.4 Å². The van der Waals surface area contributed by atoms with Crippen molar-refractivity contribution in [2.24, 2.45) is 0 Å². The van der Waals surface area contributed by atoms with Gasteiger partial charge in [0.25, 0.3) is 0 Å². The lowest BCUT2D eigenvalue weighted by Gasteiger charge is -2.42. The molecule has 347 valence electrons. The van der Waals surface area contributed by atoms with Gasteiger partial charge < -0.3 is 9.88 Å². The Hall–Kier alpha value is -6.36. The third-order valence-corrected chi connectivity index (χ3v) is 17.3. The molecule has 1 N–H and O–H groups in total. The van der Waals surface area contributed by atoms with Crippen LogP contribution in [0, 0.1) is 0 Å². The minimum absolute atomic E-state index is 0.0594. The van der Waals surface area contributed by atoms with E-state index in [0.717, 1.165) is 24.2 Å². The molecule has 0 atom stereocenters. The first kappa shape index (κ1) is 44.8. The molecule has 0 fully saturated rings. The van der Waals surface area contributed by atoms with Crippen molar-refractivity contribution < 1.29 is 0 Å². The van der Waals surface area contributed by atoms with E-state index in [4.69, 9.17) is 0 Å². The quantitative estimate of drug-likeness (QED) is 0.0900. The topological polar surface area (TPSA) is 17.0 Å². The monoisotopic (exact) mass is 927 g/mol. The van der Waals surface area contributed by atoms with E-state index in [9.17, 15) is 0 Å². The van der Waals surface area contributed by atoms with Crippen LogP contribution < -0.4 is 16.2 Å². The number of nitrogens with one attached hydrogen (secondary N) is 1. The normalized spacial score (nSPS) is 14.5. The smallest absolute Gasteiger partial charge is 0.197 e. The van der Waals surface area contributed by atoms with E-state index in [0.29, 0.717) is 0 Å². The zero-order valence-electron chi connectivity index (χ0n) is 41.9. The van der Waals surface area contributed by atoms with Gasteiger partial charge in [-0.15, -0.1) is 11.3 Å². The fourth-order valence-corrected chi connectivity index (χ4v) is 13.2. The number of benzene rings is 8. The lowest BCUT2D eigenvalue weighted by Crippen LogP contribution is -2.37. The van der Waals surface area contributed by atoms with Crippen molar-refractivity contribution in [2.45, 2.75) is 117 Å². The summed E-state index contributed by atoms with van der Waals surface area (Å²) in [6, 6.07) is 58.5. The molecule has 0 unspecified atom stereocenters. The Balaban J connectivity index is 1.20. The molecule has 0 saturated heterocycles. The molecule has 1 aliphatic heterocycles. The van der Waals surface area contributed by atoms with Crippen molar-refractivity contribution in [1.82, 2.24) is 4.57 Å². The third kappa shape index (κ3) is 7.70. The number of hydrogen-bond acceptors (Lipinski definition) is 2. The highest BCUT2D eigenvalue weighted by molar-refractivity contribution is 7.25. The molecular formula is C66H64BN2S. The van der Waals surface area contributed by atoms with Crippen LogP contribution in [0.25, 0.3) is 81.0 Å². The average Bonchev–Trinajstić information content (AvgIpc) is 3.92. The summed E-state index contributed by atoms with van der Waals surface area (Å²) in [5.74, 6) is 0. The Bertz CT molecular complexity index is 3620. The summed E-state index contributed by atoms with van der Waals surface area (Å²) in [5.41, 5.74) is 22.1. The second-order valence-corrected chi connectivity index (χ2v) is 22.9. The number of nitrogens with zero attached hydrogens (tertiary/aromatic N) is 1. The van der Waals surface area contributed by atoms with Gasteiger partial charge in [0.15, 0.2) is 7.28 Å². The summed E-state index contributed by atoms with van der Waals surface area (Å²) in [6.07, 6.45) is 12.0. The largest absolute Gasteiger partial charge is 0.355 e. The molecular weight excluding hydrogens is 864 g/mol. The summed E-state index contributed by atoms with van der Waals surface area (Å²) < 4.78 is 5.31. The highest BCUT2D eigenvalue weighted by Crippen LogP contribution is 2.51. The Kier molecular flexibility index (Phi) is 11.4. The lowest BCUT2D eigenvalue weighted by molar-refractivity contribution is 0.332. The molecule has 3 heterocycles. The molecule has 12 rings (SSSR count). The maximum absolute atomic E-state index is 4.06. The van der Waals surface area contributed by atoms with Crippen LogP contribution in [-0.2, 0) is 23.7 Å². The van der Waals surface area contributed by atoms with Crippen molar-refractivity contribution >= 4 is 82.9 Å². The van der Waals surface area contributed by atoms with E-state index in [1.165, 1.54) is 166 Å². The van der Waals surface area contributed by atoms with Crippen LogP contribution in [0.5, 0.6) is 0 Å². The van der Waals surface area contributed by atoms with E-state index in [1.54, 1.807) is 0 Å². The lowest BCUT2D eigenvalue weighted by atomic mass is 9.58. The van der Waals surface area contributed by atoms with Crippen molar-refractivity contribution in [1.29, 1.82) is 0 Å². The Labute approximate surface area is 420 Å². The van der Waals surface area contributed by atoms with Crippen molar-refractivity contribution in [3.8, 4) is 39.1 Å². The molecule has 0 amide bonds. The molecule has 2 nitrogen and oxygen atoms in total. The first-order valence-electron chi connectivity index (χ1n) is 26.2. The summed E-state index contributed by atoms with van der Waals surface area (Å²) in [6.45, 7) is 14.5. The SMILES string of the molecule is CCCCCc1ccc(Nc2cc3c(cc2-c2cc(-c4ccccc4-c4ccccc4)c4c5cc6c(cc5n5c4c2[B]c2cc(CCCCC)ccc2-5)C(C)(C)CCC6(C)C)sc2ccccc23)cc1. The minimum atomic E-state index is 0.0594. The van der Waals surface area contributed by atoms with Gasteiger partial charge in [-0.2, -0.15) is 0 Å². The number of rotatable bonds is 13. The second-order valence-electron chi connectivity index (χ2n) is 21.8. The van der Waals surface area contributed by atoms with Crippen molar-refractivity contribution in [3.63, 3.8) is 0 Å². The highest BCUT2D eigenvalue weighted by atomic mass is 32.1. The number of aromatic nitrogens is 1. The molecule has 1 radical (unpaired) electrons. The molecule has 0 saturated carbocycles. The molecule has 2 aliphatic rings. The van der Waals surface area contributed by atoms with Gasteiger partial charge in [0, 0.05) is 59.1 Å². The fourth-order valence-electron chi connectivity index (χ4n) is 12.1. The first-order valence-corrected chi connectivity index (χ1v) is 27.1. The Morgan fingerprint density at radius 3 is 1.97 bits per heavy atom. The van der Waals surface area contributed by atoms with Crippen LogP contribution in [0.15, 0.2) is 152 Å². The average molecular weight is 928 g/mol. The van der Waals surface area contributed by atoms with Gasteiger partial charge in [-0.1, -0.05) is 170 Å². The summed E-state index contributed by atoms with van der Waals surface area (Å²) in [4.78, 5) is 0. The summed E-state index contributed by atoms with van der Waals surface area (Å²) in [7, 11) is 2.56. The molecule has 8 aromatic carbocycles. The molecule has 0 bridgehead atoms. The molecule has 0 spiro atoms. The summed E-state index contributed by atoms with van der Waals surface area (Å²) >= 11 is 1.91. The van der Waals surface area contributed by atoms with E-state index in [2.05, 4.69) is 210 Å². The number of anilines is 2. The van der Waals surface area contributed by atoms with E-state index in [1.807, 2.05) is 11.3 Å². The molecule has 1 aliphatic carbocycles. The maximum Gasteiger partial charge on any atom is 0.197 e. The van der Waals surface area contributed by atoms with Gasteiger partial charge in [0.05, 0.1) is 5.52 Å². The number of fused-ring (bicyclic) bond motifs is 9. The van der Waals surface area contributed by atoms with Gasteiger partial charge in [-0.05, 0) is 159 Å². The van der Waals surface area contributed by atoms with E-state index >= 15 is 0 Å². The van der Waals surface area contributed by atoms with Gasteiger partial charge in [0.1, 0.15) is 0 Å². The van der Waals surface area contributed by atoms with Crippen molar-refractivity contribution in [2.75, 3.05) is 5.32 Å². The van der Waals surface area contributed by atoms with E-state index in [-0.39, 0.29) is 10.8 Å². The third-order valence-electron chi connectivity index (χ3n) is 16.2. The van der Waals surface area contributed by atoms with Crippen LogP contribution in [0.2, 0.25) is 0 Å². The minimum Gasteiger partial charge on any atom is -0.355 e. The zero-order chi connectivity index (χ0) is 47.7. The number of thiophene rings is 1. The van der Waals surface area contributed by atoms with Crippen LogP contribution in [0.1, 0.15) is 115 Å². The fraction of sp³-hybridized carbons (Fsp3) is 0.273. The standard InChI is InChI=1S/C66H64BN2S/c1-7-9-12-20-42-28-31-45(32-29-42)68-57-39-50-48-26-18-19-27-60(48)70-61(50)40-49(57)52-37-51(47-25-17-16-24-46(47)44-22-14-11-15-23-44)62-53-38-54-55(66(5,6)35-34-65(54,3)4)41-59(53)69-58-33-30-43(21-13-10-8-2)36-56(58)67-63(52)64(62)69/h11,14-19,22-33,36-41,68H,7-10,12-13,20-21,34-35H2,1-6H3. The van der Waals surface area contributed by atoms with Gasteiger partial charge >= 0.3 is 0 Å². The number of unbranched alkanes of at least 4 members (excludes halogenated alkanes) is 4.